The Labute approximate surface area is 206 Å². The monoisotopic (exact) mass is 491 g/mol. The molecule has 9 heteroatoms. The van der Waals surface area contributed by atoms with Crippen LogP contribution in [0, 0.1) is 0 Å². The first kappa shape index (κ1) is 28.3. The standard InChI is InChI=1S/C26H37NO8/c1-9-33-20(29)18(15-17-13-11-10-12-14-17)27-19(28)16-25(8,32)26(27,21(30)34-23(2,3)4)22(31)35-24(5,6)7/h10-14,18,32H,9,15-16H2,1-8H3/t18-,25?/m1/s1. The third-order valence-corrected chi connectivity index (χ3v) is 5.44. The molecule has 2 rings (SSSR count). The Morgan fingerprint density at radius 3 is 1.91 bits per heavy atom. The van der Waals surface area contributed by atoms with Gasteiger partial charge in [0, 0.05) is 6.42 Å². The van der Waals surface area contributed by atoms with E-state index < -0.39 is 58.6 Å². The highest BCUT2D eigenvalue weighted by Gasteiger charge is 2.74. The summed E-state index contributed by atoms with van der Waals surface area (Å²) in [5.41, 5.74) is -6.36. The lowest BCUT2D eigenvalue weighted by atomic mass is 9.80. The summed E-state index contributed by atoms with van der Waals surface area (Å²) in [5, 5.41) is 11.5. The highest BCUT2D eigenvalue weighted by atomic mass is 16.6. The minimum Gasteiger partial charge on any atom is -0.464 e. The van der Waals surface area contributed by atoms with Gasteiger partial charge in [-0.25, -0.2) is 14.4 Å². The molecule has 1 amide bonds. The highest BCUT2D eigenvalue weighted by molar-refractivity contribution is 6.13. The molecule has 1 unspecified atom stereocenters. The van der Waals surface area contributed by atoms with Crippen molar-refractivity contribution in [2.75, 3.05) is 6.61 Å². The topological polar surface area (TPSA) is 119 Å². The number of carbonyl (C=O) groups is 4. The van der Waals surface area contributed by atoms with Gasteiger partial charge in [-0.3, -0.25) is 4.79 Å². The Hall–Kier alpha value is -2.94. The van der Waals surface area contributed by atoms with Crippen LogP contribution >= 0.6 is 0 Å². The fourth-order valence-corrected chi connectivity index (χ4v) is 4.14. The zero-order valence-electron chi connectivity index (χ0n) is 21.8. The molecule has 1 aromatic rings. The van der Waals surface area contributed by atoms with E-state index >= 15 is 0 Å². The van der Waals surface area contributed by atoms with E-state index in [4.69, 9.17) is 14.2 Å². The first-order valence-electron chi connectivity index (χ1n) is 11.7. The first-order valence-corrected chi connectivity index (χ1v) is 11.7. The van der Waals surface area contributed by atoms with Crippen LogP contribution in [0.1, 0.15) is 67.4 Å². The maximum Gasteiger partial charge on any atom is 0.347 e. The smallest absolute Gasteiger partial charge is 0.347 e. The van der Waals surface area contributed by atoms with Crippen molar-refractivity contribution in [2.24, 2.45) is 0 Å². The van der Waals surface area contributed by atoms with Crippen molar-refractivity contribution in [3.63, 3.8) is 0 Å². The molecule has 1 fully saturated rings. The van der Waals surface area contributed by atoms with Crippen molar-refractivity contribution in [2.45, 2.75) is 96.6 Å². The predicted molar refractivity (Wildman–Crippen MR) is 127 cm³/mol. The summed E-state index contributed by atoms with van der Waals surface area (Å²) in [6, 6.07) is 7.39. The Bertz CT molecular complexity index is 928. The van der Waals surface area contributed by atoms with Crippen molar-refractivity contribution in [3.05, 3.63) is 35.9 Å². The second-order valence-corrected chi connectivity index (χ2v) is 10.9. The van der Waals surface area contributed by atoms with Crippen LogP contribution in [-0.2, 0) is 39.8 Å². The second-order valence-electron chi connectivity index (χ2n) is 10.9. The summed E-state index contributed by atoms with van der Waals surface area (Å²) in [4.78, 5) is 55.0. The quantitative estimate of drug-likeness (QED) is 0.351. The van der Waals surface area contributed by atoms with Crippen LogP contribution in [0.2, 0.25) is 0 Å². The molecule has 0 aliphatic carbocycles. The normalized spacial score (nSPS) is 20.8. The lowest BCUT2D eigenvalue weighted by Crippen LogP contribution is -2.72. The summed E-state index contributed by atoms with van der Waals surface area (Å²) in [6.07, 6.45) is -0.662. The Morgan fingerprint density at radius 1 is 1.00 bits per heavy atom. The zero-order valence-corrected chi connectivity index (χ0v) is 21.8. The molecule has 0 spiro atoms. The van der Waals surface area contributed by atoms with Crippen molar-refractivity contribution >= 4 is 23.8 Å². The van der Waals surface area contributed by atoms with Gasteiger partial charge in [0.25, 0.3) is 5.54 Å². The van der Waals surface area contributed by atoms with Crippen molar-refractivity contribution in [3.8, 4) is 0 Å². The van der Waals surface area contributed by atoms with Gasteiger partial charge in [-0.1, -0.05) is 30.3 Å². The Balaban J connectivity index is 2.80. The van der Waals surface area contributed by atoms with Gasteiger partial charge in [0.2, 0.25) is 5.91 Å². The molecule has 0 saturated carbocycles. The number of likely N-dealkylation sites (tertiary alicyclic amines) is 1. The molecule has 1 N–H and O–H groups in total. The van der Waals surface area contributed by atoms with Gasteiger partial charge in [0.1, 0.15) is 22.8 Å². The van der Waals surface area contributed by atoms with E-state index in [9.17, 15) is 24.3 Å². The maximum absolute atomic E-state index is 13.8. The van der Waals surface area contributed by atoms with Crippen molar-refractivity contribution < 1.29 is 38.5 Å². The molecule has 1 aliphatic heterocycles. The number of aliphatic hydroxyl groups is 1. The lowest BCUT2D eigenvalue weighted by Gasteiger charge is -2.44. The van der Waals surface area contributed by atoms with Crippen molar-refractivity contribution in [1.29, 1.82) is 0 Å². The van der Waals surface area contributed by atoms with E-state index in [2.05, 4.69) is 0 Å². The number of esters is 3. The summed E-state index contributed by atoms with van der Waals surface area (Å²) in [6.45, 7) is 12.4. The third-order valence-electron chi connectivity index (χ3n) is 5.44. The average Bonchev–Trinajstić information content (AvgIpc) is 2.89. The molecule has 194 valence electrons. The van der Waals surface area contributed by atoms with Gasteiger partial charge in [-0.2, -0.15) is 0 Å². The SMILES string of the molecule is CCOC(=O)[C@@H](Cc1ccccc1)N1C(=O)CC(C)(O)C1(C(=O)OC(C)(C)C)C(=O)OC(C)(C)C. The number of hydrogen-bond acceptors (Lipinski definition) is 8. The molecular formula is C26H37NO8. The summed E-state index contributed by atoms with van der Waals surface area (Å²) < 4.78 is 16.4. The fourth-order valence-electron chi connectivity index (χ4n) is 4.14. The highest BCUT2D eigenvalue weighted by Crippen LogP contribution is 2.45. The largest absolute Gasteiger partial charge is 0.464 e. The number of rotatable bonds is 7. The molecule has 1 saturated heterocycles. The van der Waals surface area contributed by atoms with Crippen LogP contribution in [0.3, 0.4) is 0 Å². The van der Waals surface area contributed by atoms with Gasteiger partial charge >= 0.3 is 17.9 Å². The zero-order chi connectivity index (χ0) is 26.8. The molecule has 1 heterocycles. The van der Waals surface area contributed by atoms with Crippen LogP contribution in [0.4, 0.5) is 0 Å². The molecule has 1 aliphatic rings. The molecule has 35 heavy (non-hydrogen) atoms. The number of carbonyl (C=O) groups excluding carboxylic acids is 4. The van der Waals surface area contributed by atoms with E-state index in [0.29, 0.717) is 5.56 Å². The third kappa shape index (κ3) is 6.01. The number of nitrogens with zero attached hydrogens (tertiary/aromatic N) is 1. The number of ether oxygens (including phenoxy) is 3. The Kier molecular flexibility index (Phi) is 8.06. The number of hydrogen-bond donors (Lipinski definition) is 1. The maximum atomic E-state index is 13.8. The van der Waals surface area contributed by atoms with Crippen LogP contribution in [0.25, 0.3) is 0 Å². The first-order chi connectivity index (χ1) is 16.0. The van der Waals surface area contributed by atoms with Crippen LogP contribution < -0.4 is 0 Å². The predicted octanol–water partition coefficient (Wildman–Crippen LogP) is 2.57. The van der Waals surface area contributed by atoms with Crippen molar-refractivity contribution in [1.82, 2.24) is 4.90 Å². The van der Waals surface area contributed by atoms with Gasteiger partial charge in [0.05, 0.1) is 13.0 Å². The summed E-state index contributed by atoms with van der Waals surface area (Å²) in [5.74, 6) is -3.96. The number of benzene rings is 1. The molecule has 0 bridgehead atoms. The summed E-state index contributed by atoms with van der Waals surface area (Å²) >= 11 is 0. The molecule has 2 atom stereocenters. The van der Waals surface area contributed by atoms with Gasteiger partial charge < -0.3 is 24.2 Å². The van der Waals surface area contributed by atoms with E-state index in [0.717, 1.165) is 4.90 Å². The van der Waals surface area contributed by atoms with Gasteiger partial charge in [-0.15, -0.1) is 0 Å². The van der Waals surface area contributed by atoms with Gasteiger partial charge in [0.15, 0.2) is 0 Å². The molecular weight excluding hydrogens is 454 g/mol. The molecule has 0 radical (unpaired) electrons. The second kappa shape index (κ2) is 9.97. The van der Waals surface area contributed by atoms with Crippen LogP contribution in [0.5, 0.6) is 0 Å². The molecule has 0 aromatic heterocycles. The average molecular weight is 492 g/mol. The minimum atomic E-state index is -2.64. The minimum absolute atomic E-state index is 0.00835. The fraction of sp³-hybridized carbons (Fsp3) is 0.615. The molecule has 9 nitrogen and oxygen atoms in total. The van der Waals surface area contributed by atoms with E-state index in [1.807, 2.05) is 0 Å². The summed E-state index contributed by atoms with van der Waals surface area (Å²) in [7, 11) is 0. The van der Waals surface area contributed by atoms with Gasteiger partial charge in [-0.05, 0) is 61.0 Å². The lowest BCUT2D eigenvalue weighted by molar-refractivity contribution is -0.203. The molecule has 1 aromatic carbocycles. The Morgan fingerprint density at radius 2 is 1.49 bits per heavy atom. The van der Waals surface area contributed by atoms with E-state index in [1.54, 1.807) is 78.8 Å². The van der Waals surface area contributed by atoms with Crippen LogP contribution in [0.15, 0.2) is 30.3 Å². The van der Waals surface area contributed by atoms with Crippen LogP contribution in [-0.4, -0.2) is 68.8 Å². The van der Waals surface area contributed by atoms with E-state index in [1.165, 1.54) is 6.92 Å². The van der Waals surface area contributed by atoms with E-state index in [-0.39, 0.29) is 13.0 Å². The number of amides is 1.